The highest BCUT2D eigenvalue weighted by Gasteiger charge is 2.07. The second-order valence-electron chi connectivity index (χ2n) is 3.13. The normalized spacial score (nSPS) is 10.0. The monoisotopic (exact) mass is 197 g/mol. The summed E-state index contributed by atoms with van der Waals surface area (Å²) in [4.78, 5) is 13.2. The van der Waals surface area contributed by atoms with E-state index in [0.29, 0.717) is 6.42 Å². The molecule has 0 bridgehead atoms. The van der Waals surface area contributed by atoms with E-state index in [1.165, 1.54) is 5.56 Å². The molecule has 0 aliphatic carbocycles. The Bertz CT molecular complexity index is 256. The number of hydrogen-bond acceptors (Lipinski definition) is 2. The average Bonchev–Trinajstić information content (AvgIpc) is 2.57. The molecule has 13 heavy (non-hydrogen) atoms. The first-order valence-electron chi connectivity index (χ1n) is 4.49. The number of thiophene rings is 1. The molecule has 0 aliphatic rings. The molecule has 1 rings (SSSR count). The Morgan fingerprint density at radius 2 is 2.38 bits per heavy atom. The van der Waals surface area contributed by atoms with Gasteiger partial charge in [-0.2, -0.15) is 11.3 Å². The minimum absolute atomic E-state index is 0.230. The Balaban J connectivity index is 2.41. The zero-order valence-corrected chi connectivity index (χ0v) is 8.93. The van der Waals surface area contributed by atoms with Gasteiger partial charge in [0.2, 0.25) is 5.91 Å². The maximum absolute atomic E-state index is 11.4. The minimum Gasteiger partial charge on any atom is -0.341 e. The highest BCUT2D eigenvalue weighted by molar-refractivity contribution is 7.07. The van der Waals surface area contributed by atoms with Gasteiger partial charge < -0.3 is 4.90 Å². The summed E-state index contributed by atoms with van der Waals surface area (Å²) < 4.78 is 0. The van der Waals surface area contributed by atoms with Crippen molar-refractivity contribution in [3.63, 3.8) is 0 Å². The lowest BCUT2D eigenvalue weighted by molar-refractivity contribution is -0.130. The van der Waals surface area contributed by atoms with Gasteiger partial charge in [-0.1, -0.05) is 6.92 Å². The molecular weight excluding hydrogens is 182 g/mol. The molecule has 2 nitrogen and oxygen atoms in total. The van der Waals surface area contributed by atoms with E-state index in [1.807, 2.05) is 19.4 Å². The second kappa shape index (κ2) is 5.02. The summed E-state index contributed by atoms with van der Waals surface area (Å²) in [5.41, 5.74) is 1.22. The highest BCUT2D eigenvalue weighted by atomic mass is 32.1. The van der Waals surface area contributed by atoms with Crippen LogP contribution in [0.4, 0.5) is 0 Å². The summed E-state index contributed by atoms with van der Waals surface area (Å²) in [5, 5.41) is 4.11. The summed E-state index contributed by atoms with van der Waals surface area (Å²) in [5.74, 6) is 0.230. The summed E-state index contributed by atoms with van der Waals surface area (Å²) in [7, 11) is 1.86. The summed E-state index contributed by atoms with van der Waals surface area (Å²) in [6.45, 7) is 2.76. The number of rotatable bonds is 4. The Kier molecular flexibility index (Phi) is 3.96. The molecule has 0 spiro atoms. The molecule has 1 amide bonds. The lowest BCUT2D eigenvalue weighted by Gasteiger charge is -2.15. The van der Waals surface area contributed by atoms with E-state index in [-0.39, 0.29) is 5.91 Å². The van der Waals surface area contributed by atoms with Crippen LogP contribution in [0.15, 0.2) is 16.8 Å². The fourth-order valence-electron chi connectivity index (χ4n) is 1.15. The maximum atomic E-state index is 11.4. The zero-order chi connectivity index (χ0) is 9.68. The molecule has 0 radical (unpaired) electrons. The van der Waals surface area contributed by atoms with Gasteiger partial charge in [-0.15, -0.1) is 0 Å². The van der Waals surface area contributed by atoms with E-state index in [4.69, 9.17) is 0 Å². The maximum Gasteiger partial charge on any atom is 0.222 e. The summed E-state index contributed by atoms with van der Waals surface area (Å²) in [6, 6.07) is 2.06. The first-order valence-corrected chi connectivity index (χ1v) is 5.43. The largest absolute Gasteiger partial charge is 0.341 e. The van der Waals surface area contributed by atoms with Crippen LogP contribution in [0.5, 0.6) is 0 Å². The minimum atomic E-state index is 0.230. The predicted molar refractivity (Wildman–Crippen MR) is 55.7 cm³/mol. The molecule has 0 aliphatic heterocycles. The fraction of sp³-hybridized carbons (Fsp3) is 0.500. The molecule has 3 heteroatoms. The average molecular weight is 197 g/mol. The van der Waals surface area contributed by atoms with E-state index in [1.54, 1.807) is 16.2 Å². The van der Waals surface area contributed by atoms with Crippen LogP contribution in [-0.2, 0) is 11.3 Å². The van der Waals surface area contributed by atoms with Crippen molar-refractivity contribution in [2.75, 3.05) is 7.05 Å². The van der Waals surface area contributed by atoms with Crippen molar-refractivity contribution >= 4 is 17.2 Å². The van der Waals surface area contributed by atoms with Crippen LogP contribution >= 0.6 is 11.3 Å². The first kappa shape index (κ1) is 10.3. The molecule has 0 saturated carbocycles. The second-order valence-corrected chi connectivity index (χ2v) is 3.91. The molecule has 0 unspecified atom stereocenters. The lowest BCUT2D eigenvalue weighted by Crippen LogP contribution is -2.25. The van der Waals surface area contributed by atoms with Gasteiger partial charge in [-0.3, -0.25) is 4.79 Å². The fourth-order valence-corrected chi connectivity index (χ4v) is 1.81. The van der Waals surface area contributed by atoms with Gasteiger partial charge in [0.1, 0.15) is 0 Å². The molecule has 1 heterocycles. The molecule has 0 atom stereocenters. The van der Waals surface area contributed by atoms with Crippen molar-refractivity contribution in [3.8, 4) is 0 Å². The highest BCUT2D eigenvalue weighted by Crippen LogP contribution is 2.09. The van der Waals surface area contributed by atoms with Crippen LogP contribution in [0, 0.1) is 0 Å². The third kappa shape index (κ3) is 3.19. The van der Waals surface area contributed by atoms with Crippen LogP contribution in [0.25, 0.3) is 0 Å². The van der Waals surface area contributed by atoms with Crippen molar-refractivity contribution < 1.29 is 4.79 Å². The van der Waals surface area contributed by atoms with Crippen LogP contribution < -0.4 is 0 Å². The molecule has 1 aromatic heterocycles. The van der Waals surface area contributed by atoms with Crippen molar-refractivity contribution in [2.24, 2.45) is 0 Å². The van der Waals surface area contributed by atoms with Crippen molar-refractivity contribution in [1.29, 1.82) is 0 Å². The Labute approximate surface area is 83.2 Å². The Hall–Kier alpha value is -0.830. The van der Waals surface area contributed by atoms with Gasteiger partial charge in [0.05, 0.1) is 0 Å². The van der Waals surface area contributed by atoms with Gasteiger partial charge in [-0.05, 0) is 28.8 Å². The molecule has 1 aromatic rings. The van der Waals surface area contributed by atoms with E-state index in [0.717, 1.165) is 13.0 Å². The number of nitrogens with zero attached hydrogens (tertiary/aromatic N) is 1. The van der Waals surface area contributed by atoms with E-state index >= 15 is 0 Å². The van der Waals surface area contributed by atoms with Crippen molar-refractivity contribution in [2.45, 2.75) is 26.3 Å². The van der Waals surface area contributed by atoms with Crippen molar-refractivity contribution in [3.05, 3.63) is 22.4 Å². The topological polar surface area (TPSA) is 20.3 Å². The third-order valence-corrected chi connectivity index (χ3v) is 2.62. The molecule has 0 saturated heterocycles. The SMILES string of the molecule is CCCC(=O)N(C)Cc1ccsc1. The zero-order valence-electron chi connectivity index (χ0n) is 8.12. The van der Waals surface area contributed by atoms with E-state index in [2.05, 4.69) is 11.4 Å². The van der Waals surface area contributed by atoms with Crippen LogP contribution in [-0.4, -0.2) is 17.9 Å². The quantitative estimate of drug-likeness (QED) is 0.726. The summed E-state index contributed by atoms with van der Waals surface area (Å²) >= 11 is 1.67. The molecule has 0 N–H and O–H groups in total. The molecule has 0 fully saturated rings. The molecule has 0 aromatic carbocycles. The number of amides is 1. The van der Waals surface area contributed by atoms with E-state index < -0.39 is 0 Å². The van der Waals surface area contributed by atoms with Crippen LogP contribution in [0.3, 0.4) is 0 Å². The van der Waals surface area contributed by atoms with Gasteiger partial charge in [0.15, 0.2) is 0 Å². The number of carbonyl (C=O) groups is 1. The number of hydrogen-bond donors (Lipinski definition) is 0. The first-order chi connectivity index (χ1) is 6.24. The number of carbonyl (C=O) groups excluding carboxylic acids is 1. The van der Waals surface area contributed by atoms with Gasteiger partial charge in [0.25, 0.3) is 0 Å². The van der Waals surface area contributed by atoms with Crippen LogP contribution in [0.2, 0.25) is 0 Å². The van der Waals surface area contributed by atoms with Gasteiger partial charge in [-0.25, -0.2) is 0 Å². The van der Waals surface area contributed by atoms with Crippen LogP contribution in [0.1, 0.15) is 25.3 Å². The summed E-state index contributed by atoms with van der Waals surface area (Å²) in [6.07, 6.45) is 1.58. The molecule has 72 valence electrons. The Morgan fingerprint density at radius 3 is 2.92 bits per heavy atom. The standard InChI is InChI=1S/C10H15NOS/c1-3-4-10(12)11(2)7-9-5-6-13-8-9/h5-6,8H,3-4,7H2,1-2H3. The van der Waals surface area contributed by atoms with E-state index in [9.17, 15) is 4.79 Å². The smallest absolute Gasteiger partial charge is 0.222 e. The third-order valence-electron chi connectivity index (χ3n) is 1.89. The molecular formula is C10H15NOS. The Morgan fingerprint density at radius 1 is 1.62 bits per heavy atom. The van der Waals surface area contributed by atoms with Gasteiger partial charge >= 0.3 is 0 Å². The van der Waals surface area contributed by atoms with Gasteiger partial charge in [0, 0.05) is 20.0 Å². The predicted octanol–water partition coefficient (Wildman–Crippen LogP) is 2.51. The lowest BCUT2D eigenvalue weighted by atomic mass is 10.2. The van der Waals surface area contributed by atoms with Crippen molar-refractivity contribution in [1.82, 2.24) is 4.90 Å².